The summed E-state index contributed by atoms with van der Waals surface area (Å²) in [7, 11) is 0. The lowest BCUT2D eigenvalue weighted by Gasteiger charge is -2.17. The molecule has 0 N–H and O–H groups in total. The molecular weight excluding hydrogens is 366 g/mol. The maximum Gasteiger partial charge on any atom is 0.263 e. The number of thioether (sulfide) groups is 1. The number of thiophene rings is 1. The van der Waals surface area contributed by atoms with E-state index in [0.29, 0.717) is 18.2 Å². The van der Waals surface area contributed by atoms with Gasteiger partial charge < -0.3 is 4.52 Å². The third kappa shape index (κ3) is 3.14. The average molecular weight is 388 g/mol. The van der Waals surface area contributed by atoms with Crippen LogP contribution in [-0.4, -0.2) is 14.7 Å². The first-order chi connectivity index (χ1) is 12.6. The van der Waals surface area contributed by atoms with E-state index in [9.17, 15) is 4.79 Å². The molecule has 3 aromatic heterocycles. The molecule has 0 radical (unpaired) electrons. The molecule has 26 heavy (non-hydrogen) atoms. The molecule has 0 spiro atoms. The van der Waals surface area contributed by atoms with Crippen molar-refractivity contribution in [2.45, 2.75) is 50.6 Å². The summed E-state index contributed by atoms with van der Waals surface area (Å²) in [5.74, 6) is 2.08. The van der Waals surface area contributed by atoms with Crippen molar-refractivity contribution >= 4 is 33.3 Å². The smallest absolute Gasteiger partial charge is 0.263 e. The summed E-state index contributed by atoms with van der Waals surface area (Å²) in [5.41, 5.74) is 2.13. The Labute approximate surface area is 160 Å². The van der Waals surface area contributed by atoms with Crippen molar-refractivity contribution < 1.29 is 4.52 Å². The quantitative estimate of drug-likeness (QED) is 0.370. The topological polar surface area (TPSA) is 60.9 Å². The fourth-order valence-electron chi connectivity index (χ4n) is 3.43. The van der Waals surface area contributed by atoms with Crippen LogP contribution >= 0.6 is 23.1 Å². The predicted octanol–water partition coefficient (Wildman–Crippen LogP) is 4.36. The lowest BCUT2D eigenvalue weighted by molar-refractivity contribution is 0.393. The summed E-state index contributed by atoms with van der Waals surface area (Å²) >= 11 is 3.20. The van der Waals surface area contributed by atoms with Crippen LogP contribution in [0.1, 0.15) is 35.2 Å². The van der Waals surface area contributed by atoms with Gasteiger partial charge in [0.05, 0.1) is 11.1 Å². The van der Waals surface area contributed by atoms with Gasteiger partial charge in [-0.25, -0.2) is 4.98 Å². The molecule has 1 aliphatic rings. The Hall–Kier alpha value is -1.86. The number of aryl methyl sites for hydroxylation is 2. The Morgan fingerprint density at radius 1 is 1.54 bits per heavy atom. The number of fused-ring (bicyclic) bond motifs is 3. The number of hydrogen-bond acceptors (Lipinski definition) is 6. The molecule has 0 unspecified atom stereocenters. The molecule has 0 saturated carbocycles. The van der Waals surface area contributed by atoms with Crippen LogP contribution in [0.15, 0.2) is 33.2 Å². The van der Waals surface area contributed by atoms with Gasteiger partial charge in [-0.2, -0.15) is 0 Å². The minimum absolute atomic E-state index is 0.0563. The van der Waals surface area contributed by atoms with Gasteiger partial charge >= 0.3 is 0 Å². The van der Waals surface area contributed by atoms with Crippen molar-refractivity contribution in [3.05, 3.63) is 51.0 Å². The average Bonchev–Trinajstić information content (AvgIpc) is 3.18. The molecule has 1 aliphatic carbocycles. The molecule has 0 aliphatic heterocycles. The molecule has 0 amide bonds. The van der Waals surface area contributed by atoms with Crippen LogP contribution < -0.4 is 5.56 Å². The molecule has 0 aromatic carbocycles. The predicted molar refractivity (Wildman–Crippen MR) is 106 cm³/mol. The van der Waals surface area contributed by atoms with Crippen LogP contribution in [0.25, 0.3) is 10.2 Å². The molecule has 0 saturated heterocycles. The van der Waals surface area contributed by atoms with Gasteiger partial charge in [0.1, 0.15) is 10.6 Å². The zero-order valence-electron chi connectivity index (χ0n) is 14.9. The van der Waals surface area contributed by atoms with Crippen LogP contribution in [0.2, 0.25) is 0 Å². The normalized spacial score (nSPS) is 16.8. The molecule has 3 aromatic rings. The van der Waals surface area contributed by atoms with Crippen LogP contribution in [0.3, 0.4) is 0 Å². The number of hydrogen-bond donors (Lipinski definition) is 0. The first kappa shape index (κ1) is 17.5. The highest BCUT2D eigenvalue weighted by molar-refractivity contribution is 7.98. The van der Waals surface area contributed by atoms with Crippen molar-refractivity contribution in [2.24, 2.45) is 5.92 Å². The SMILES string of the molecule is C=CCn1c(SCc2cc(C)on2)nc2sc3c(c2c1=O)CC[C@@H](C)C3. The van der Waals surface area contributed by atoms with Gasteiger partial charge in [-0.05, 0) is 37.7 Å². The Kier molecular flexibility index (Phi) is 4.75. The highest BCUT2D eigenvalue weighted by Crippen LogP contribution is 2.36. The second kappa shape index (κ2) is 7.04. The van der Waals surface area contributed by atoms with E-state index in [2.05, 4.69) is 18.7 Å². The van der Waals surface area contributed by atoms with E-state index in [4.69, 9.17) is 9.51 Å². The Morgan fingerprint density at radius 2 is 2.38 bits per heavy atom. The van der Waals surface area contributed by atoms with Gasteiger partial charge in [-0.15, -0.1) is 17.9 Å². The summed E-state index contributed by atoms with van der Waals surface area (Å²) < 4.78 is 6.86. The minimum Gasteiger partial charge on any atom is -0.361 e. The van der Waals surface area contributed by atoms with Crippen LogP contribution in [-0.2, 0) is 25.1 Å². The number of nitrogens with zero attached hydrogens (tertiary/aromatic N) is 3. The standard InChI is InChI=1S/C19H21N3O2S2/c1-4-7-22-18(23)16-14-6-5-11(2)8-15(14)26-17(16)20-19(22)25-10-13-9-12(3)24-21-13/h4,9,11H,1,5-8,10H2,2-3H3/t11-/m1/s1. The first-order valence-electron chi connectivity index (χ1n) is 8.77. The van der Waals surface area contributed by atoms with Crippen LogP contribution in [0.5, 0.6) is 0 Å². The minimum atomic E-state index is 0.0563. The van der Waals surface area contributed by atoms with Gasteiger partial charge in [0, 0.05) is 23.2 Å². The summed E-state index contributed by atoms with van der Waals surface area (Å²) in [4.78, 5) is 20.3. The number of allylic oxidation sites excluding steroid dienone is 1. The molecule has 0 fully saturated rings. The second-order valence-corrected chi connectivity index (χ2v) is 8.87. The Bertz CT molecular complexity index is 1030. The first-order valence-corrected chi connectivity index (χ1v) is 10.6. The van der Waals surface area contributed by atoms with Gasteiger partial charge in [-0.1, -0.05) is 29.9 Å². The Morgan fingerprint density at radius 3 is 3.12 bits per heavy atom. The fourth-order valence-corrected chi connectivity index (χ4v) is 5.74. The van der Waals surface area contributed by atoms with Crippen molar-refractivity contribution in [3.8, 4) is 0 Å². The van der Waals surface area contributed by atoms with Crippen molar-refractivity contribution in [2.75, 3.05) is 0 Å². The monoisotopic (exact) mass is 387 g/mol. The van der Waals surface area contributed by atoms with Crippen LogP contribution in [0.4, 0.5) is 0 Å². The summed E-state index contributed by atoms with van der Waals surface area (Å²) in [6.07, 6.45) is 4.92. The summed E-state index contributed by atoms with van der Waals surface area (Å²) in [5, 5.41) is 5.56. The molecule has 7 heteroatoms. The zero-order chi connectivity index (χ0) is 18.3. The molecule has 136 valence electrons. The van der Waals surface area contributed by atoms with Crippen molar-refractivity contribution in [1.29, 1.82) is 0 Å². The third-order valence-electron chi connectivity index (χ3n) is 4.72. The van der Waals surface area contributed by atoms with E-state index in [0.717, 1.165) is 46.1 Å². The van der Waals surface area contributed by atoms with E-state index < -0.39 is 0 Å². The van der Waals surface area contributed by atoms with E-state index >= 15 is 0 Å². The highest BCUT2D eigenvalue weighted by atomic mass is 32.2. The largest absolute Gasteiger partial charge is 0.361 e. The highest BCUT2D eigenvalue weighted by Gasteiger charge is 2.24. The van der Waals surface area contributed by atoms with Gasteiger partial charge in [-0.3, -0.25) is 9.36 Å². The van der Waals surface area contributed by atoms with Crippen LogP contribution in [0, 0.1) is 12.8 Å². The van der Waals surface area contributed by atoms with Crippen molar-refractivity contribution in [1.82, 2.24) is 14.7 Å². The van der Waals surface area contributed by atoms with Gasteiger partial charge in [0.25, 0.3) is 5.56 Å². The molecule has 5 nitrogen and oxygen atoms in total. The van der Waals surface area contributed by atoms with E-state index in [1.54, 1.807) is 22.0 Å². The lowest BCUT2D eigenvalue weighted by atomic mass is 9.89. The summed E-state index contributed by atoms with van der Waals surface area (Å²) in [6, 6.07) is 1.91. The van der Waals surface area contributed by atoms with Gasteiger partial charge in [0.15, 0.2) is 5.16 Å². The van der Waals surface area contributed by atoms with E-state index in [1.165, 1.54) is 22.2 Å². The second-order valence-electron chi connectivity index (χ2n) is 6.85. The lowest BCUT2D eigenvalue weighted by Crippen LogP contribution is -2.23. The third-order valence-corrected chi connectivity index (χ3v) is 6.88. The maximum atomic E-state index is 13.2. The van der Waals surface area contributed by atoms with Gasteiger partial charge in [0.2, 0.25) is 0 Å². The molecule has 0 bridgehead atoms. The fraction of sp³-hybridized carbons (Fsp3) is 0.421. The van der Waals surface area contributed by atoms with E-state index in [1.807, 2.05) is 13.0 Å². The molecular formula is C19H21N3O2S2. The van der Waals surface area contributed by atoms with Crippen molar-refractivity contribution in [3.63, 3.8) is 0 Å². The number of aromatic nitrogens is 3. The Balaban J connectivity index is 1.77. The number of rotatable bonds is 5. The summed E-state index contributed by atoms with van der Waals surface area (Å²) in [6.45, 7) is 8.41. The molecule has 4 rings (SSSR count). The molecule has 1 atom stereocenters. The zero-order valence-corrected chi connectivity index (χ0v) is 16.6. The molecule has 3 heterocycles. The van der Waals surface area contributed by atoms with E-state index in [-0.39, 0.29) is 5.56 Å². The maximum absolute atomic E-state index is 13.2.